The standard InChI is InChI=1S/C28H31N7O2.ClH/c1-4-5-15-35-25-24(23(27(36)32(2)3)26(35)33-14-8-10-20(29)16-33)31-18-34(28(25)37)17-22-21-11-7-6-9-19(21)12-13-30-22;/h6-7,9,11-13,18,20H,8,10,14-17,29H2,1-3H3;1H/t20-;/m0./s1. The number of hydrogen-bond acceptors (Lipinski definition) is 6. The lowest BCUT2D eigenvalue weighted by Crippen LogP contribution is -2.44. The predicted molar refractivity (Wildman–Crippen MR) is 153 cm³/mol. The monoisotopic (exact) mass is 533 g/mol. The Kier molecular flexibility index (Phi) is 8.05. The fraction of sp³-hybridized carbons (Fsp3) is 0.357. The van der Waals surface area contributed by atoms with Crippen LogP contribution in [0, 0.1) is 11.8 Å². The lowest BCUT2D eigenvalue weighted by molar-refractivity contribution is 0.0829. The lowest BCUT2D eigenvalue weighted by atomic mass is 10.1. The minimum Gasteiger partial charge on any atom is -0.356 e. The van der Waals surface area contributed by atoms with E-state index < -0.39 is 0 Å². The van der Waals surface area contributed by atoms with Crippen molar-refractivity contribution in [1.82, 2.24) is 24.0 Å². The molecular formula is C28H32ClN7O2. The molecule has 1 atom stereocenters. The molecule has 4 heterocycles. The van der Waals surface area contributed by atoms with Crippen molar-refractivity contribution >= 4 is 45.9 Å². The van der Waals surface area contributed by atoms with Gasteiger partial charge in [0, 0.05) is 44.8 Å². The highest BCUT2D eigenvalue weighted by Crippen LogP contribution is 2.33. The molecule has 1 aliphatic heterocycles. The van der Waals surface area contributed by atoms with E-state index >= 15 is 0 Å². The SMILES string of the molecule is CC#CCn1c(N2CCC[C@H](N)C2)c(C(=O)N(C)C)c2ncn(Cc3nccc4ccccc34)c(=O)c21.Cl. The van der Waals surface area contributed by atoms with Crippen molar-refractivity contribution in [3.8, 4) is 11.8 Å². The topological polar surface area (TPSA) is 102 Å². The van der Waals surface area contributed by atoms with Crippen LogP contribution < -0.4 is 16.2 Å². The number of carbonyl (C=O) groups is 1. The smallest absolute Gasteiger partial charge is 0.278 e. The van der Waals surface area contributed by atoms with Crippen molar-refractivity contribution in [2.24, 2.45) is 5.73 Å². The third-order valence-electron chi connectivity index (χ3n) is 6.87. The number of carbonyl (C=O) groups excluding carboxylic acids is 1. The van der Waals surface area contributed by atoms with E-state index in [1.807, 2.05) is 34.9 Å². The molecule has 0 bridgehead atoms. The Labute approximate surface area is 227 Å². The number of amides is 1. The molecule has 9 nitrogen and oxygen atoms in total. The fourth-order valence-electron chi connectivity index (χ4n) is 5.10. The molecule has 0 radical (unpaired) electrons. The Balaban J connectivity index is 0.00000336. The first kappa shape index (κ1) is 27.2. The number of rotatable bonds is 5. The highest BCUT2D eigenvalue weighted by molar-refractivity contribution is 6.10. The predicted octanol–water partition coefficient (Wildman–Crippen LogP) is 2.87. The summed E-state index contributed by atoms with van der Waals surface area (Å²) in [5.41, 5.74) is 8.02. The molecule has 38 heavy (non-hydrogen) atoms. The zero-order valence-corrected chi connectivity index (χ0v) is 22.7. The summed E-state index contributed by atoms with van der Waals surface area (Å²) in [5, 5.41) is 2.04. The molecule has 0 saturated carbocycles. The van der Waals surface area contributed by atoms with Gasteiger partial charge in [0.2, 0.25) is 0 Å². The van der Waals surface area contributed by atoms with Crippen LogP contribution in [0.5, 0.6) is 0 Å². The average molecular weight is 534 g/mol. The number of pyridine rings is 1. The molecule has 4 aromatic rings. The van der Waals surface area contributed by atoms with Gasteiger partial charge in [-0.2, -0.15) is 0 Å². The van der Waals surface area contributed by atoms with Crippen LogP contribution in [0.2, 0.25) is 0 Å². The first-order chi connectivity index (χ1) is 17.9. The molecule has 0 spiro atoms. The Morgan fingerprint density at radius 2 is 2.00 bits per heavy atom. The van der Waals surface area contributed by atoms with Crippen molar-refractivity contribution < 1.29 is 4.79 Å². The Hall–Kier alpha value is -3.87. The normalized spacial score (nSPS) is 15.2. The van der Waals surface area contributed by atoms with E-state index in [-0.39, 0.29) is 43.0 Å². The Morgan fingerprint density at radius 3 is 2.74 bits per heavy atom. The van der Waals surface area contributed by atoms with E-state index in [0.717, 1.165) is 35.9 Å². The van der Waals surface area contributed by atoms with E-state index in [9.17, 15) is 9.59 Å². The van der Waals surface area contributed by atoms with Crippen molar-refractivity contribution in [2.75, 3.05) is 32.1 Å². The van der Waals surface area contributed by atoms with Crippen LogP contribution in [0.25, 0.3) is 21.8 Å². The Morgan fingerprint density at radius 1 is 1.21 bits per heavy atom. The second-order valence-electron chi connectivity index (χ2n) is 9.61. The number of benzene rings is 1. The zero-order valence-electron chi connectivity index (χ0n) is 21.8. The fourth-order valence-corrected chi connectivity index (χ4v) is 5.10. The quantitative estimate of drug-likeness (QED) is 0.396. The third kappa shape index (κ3) is 4.85. The summed E-state index contributed by atoms with van der Waals surface area (Å²) in [4.78, 5) is 40.4. The van der Waals surface area contributed by atoms with Gasteiger partial charge in [-0.1, -0.05) is 30.2 Å². The van der Waals surface area contributed by atoms with Crippen molar-refractivity contribution in [2.45, 2.75) is 38.9 Å². The number of piperidine rings is 1. The van der Waals surface area contributed by atoms with Gasteiger partial charge in [0.1, 0.15) is 22.4 Å². The molecule has 1 saturated heterocycles. The molecule has 0 aliphatic carbocycles. The number of nitrogens with two attached hydrogens (primary N) is 1. The summed E-state index contributed by atoms with van der Waals surface area (Å²) in [5.74, 6) is 6.48. The summed E-state index contributed by atoms with van der Waals surface area (Å²) < 4.78 is 3.41. The van der Waals surface area contributed by atoms with Gasteiger partial charge in [-0.15, -0.1) is 18.3 Å². The van der Waals surface area contributed by atoms with Crippen LogP contribution in [-0.4, -0.2) is 63.1 Å². The maximum Gasteiger partial charge on any atom is 0.278 e. The largest absolute Gasteiger partial charge is 0.356 e. The minimum absolute atomic E-state index is 0. The number of anilines is 1. The lowest BCUT2D eigenvalue weighted by Gasteiger charge is -2.33. The number of fused-ring (bicyclic) bond motifs is 2. The molecule has 198 valence electrons. The zero-order chi connectivity index (χ0) is 26.1. The van der Waals surface area contributed by atoms with Gasteiger partial charge in [0.25, 0.3) is 11.5 Å². The first-order valence-electron chi connectivity index (χ1n) is 12.5. The molecule has 1 amide bonds. The van der Waals surface area contributed by atoms with E-state index in [1.165, 1.54) is 11.2 Å². The number of halogens is 1. The molecule has 1 aliphatic rings. The summed E-state index contributed by atoms with van der Waals surface area (Å²) in [6.45, 7) is 3.62. The second kappa shape index (κ2) is 11.3. The van der Waals surface area contributed by atoms with Crippen LogP contribution >= 0.6 is 12.4 Å². The molecule has 0 unspecified atom stereocenters. The van der Waals surface area contributed by atoms with E-state index in [2.05, 4.69) is 26.7 Å². The van der Waals surface area contributed by atoms with Crippen LogP contribution in [0.4, 0.5) is 5.82 Å². The van der Waals surface area contributed by atoms with Crippen molar-refractivity contribution in [3.05, 3.63) is 64.5 Å². The molecule has 3 aromatic heterocycles. The minimum atomic E-state index is -0.238. The first-order valence-corrected chi connectivity index (χ1v) is 12.5. The molecule has 10 heteroatoms. The summed E-state index contributed by atoms with van der Waals surface area (Å²) >= 11 is 0. The summed E-state index contributed by atoms with van der Waals surface area (Å²) in [6, 6.07) is 9.90. The Bertz CT molecular complexity index is 1610. The van der Waals surface area contributed by atoms with Gasteiger partial charge in [0.15, 0.2) is 0 Å². The molecule has 1 aromatic carbocycles. The van der Waals surface area contributed by atoms with Gasteiger partial charge in [0.05, 0.1) is 25.1 Å². The van der Waals surface area contributed by atoms with E-state index in [0.29, 0.717) is 29.0 Å². The summed E-state index contributed by atoms with van der Waals surface area (Å²) in [6.07, 6.45) is 5.09. The van der Waals surface area contributed by atoms with E-state index in [1.54, 1.807) is 31.8 Å². The van der Waals surface area contributed by atoms with Gasteiger partial charge in [-0.3, -0.25) is 19.1 Å². The van der Waals surface area contributed by atoms with Gasteiger partial charge < -0.3 is 20.1 Å². The molecule has 2 N–H and O–H groups in total. The third-order valence-corrected chi connectivity index (χ3v) is 6.87. The maximum absolute atomic E-state index is 14.0. The maximum atomic E-state index is 14.0. The van der Waals surface area contributed by atoms with Crippen LogP contribution in [0.1, 0.15) is 35.8 Å². The molecule has 1 fully saturated rings. The van der Waals surface area contributed by atoms with Crippen molar-refractivity contribution in [3.63, 3.8) is 0 Å². The van der Waals surface area contributed by atoms with Crippen LogP contribution in [0.3, 0.4) is 0 Å². The number of aromatic nitrogens is 4. The number of nitrogens with zero attached hydrogens (tertiary/aromatic N) is 6. The number of hydrogen-bond donors (Lipinski definition) is 1. The van der Waals surface area contributed by atoms with Crippen LogP contribution in [0.15, 0.2) is 47.7 Å². The summed E-state index contributed by atoms with van der Waals surface area (Å²) in [7, 11) is 3.41. The highest BCUT2D eigenvalue weighted by atomic mass is 35.5. The second-order valence-corrected chi connectivity index (χ2v) is 9.61. The average Bonchev–Trinajstić information content (AvgIpc) is 3.23. The van der Waals surface area contributed by atoms with Crippen LogP contribution in [-0.2, 0) is 13.1 Å². The van der Waals surface area contributed by atoms with E-state index in [4.69, 9.17) is 5.73 Å². The van der Waals surface area contributed by atoms with Gasteiger partial charge in [-0.05, 0) is 31.2 Å². The van der Waals surface area contributed by atoms with Gasteiger partial charge in [-0.25, -0.2) is 4.98 Å². The molecule has 5 rings (SSSR count). The van der Waals surface area contributed by atoms with Gasteiger partial charge >= 0.3 is 0 Å². The highest BCUT2D eigenvalue weighted by Gasteiger charge is 2.32. The molecular weight excluding hydrogens is 502 g/mol. The van der Waals surface area contributed by atoms with Crippen molar-refractivity contribution in [1.29, 1.82) is 0 Å².